The van der Waals surface area contributed by atoms with Gasteiger partial charge in [-0.15, -0.1) is 0 Å². The lowest BCUT2D eigenvalue weighted by molar-refractivity contribution is -0.161. The van der Waals surface area contributed by atoms with Gasteiger partial charge in [0, 0.05) is 0 Å². The smallest absolute Gasteiger partial charge is 0.332 e. The molecule has 0 radical (unpaired) electrons. The second-order valence-corrected chi connectivity index (χ2v) is 9.04. The van der Waals surface area contributed by atoms with E-state index in [0.717, 1.165) is 0 Å². The Hall–Kier alpha value is -1.30. The lowest BCUT2D eigenvalue weighted by Gasteiger charge is -2.19. The Labute approximate surface area is 198 Å². The van der Waals surface area contributed by atoms with Gasteiger partial charge >= 0.3 is 11.9 Å². The number of esters is 2. The predicted octanol–water partition coefficient (Wildman–Crippen LogP) is 2.16. The summed E-state index contributed by atoms with van der Waals surface area (Å²) >= 11 is 0. The summed E-state index contributed by atoms with van der Waals surface area (Å²) in [6, 6.07) is 0. The van der Waals surface area contributed by atoms with Gasteiger partial charge in [-0.1, -0.05) is 0 Å². The van der Waals surface area contributed by atoms with Crippen LogP contribution in [-0.4, -0.2) is 102 Å². The molecule has 196 valence electrons. The van der Waals surface area contributed by atoms with Gasteiger partial charge in [0.05, 0.1) is 79.1 Å². The molecule has 0 spiro atoms. The van der Waals surface area contributed by atoms with E-state index in [1.807, 2.05) is 41.5 Å². The number of rotatable bonds is 20. The highest BCUT2D eigenvalue weighted by atomic mass is 16.6. The van der Waals surface area contributed by atoms with Gasteiger partial charge in [-0.3, -0.25) is 4.79 Å². The maximum atomic E-state index is 11.5. The van der Waals surface area contributed by atoms with Crippen LogP contribution in [0.3, 0.4) is 0 Å². The molecule has 0 aliphatic heterocycles. The average Bonchev–Trinajstić information content (AvgIpc) is 2.67. The molecule has 0 amide bonds. The van der Waals surface area contributed by atoms with E-state index in [9.17, 15) is 9.59 Å². The lowest BCUT2D eigenvalue weighted by Crippen LogP contribution is -2.27. The predicted molar refractivity (Wildman–Crippen MR) is 121 cm³/mol. The largest absolute Gasteiger partial charge is 0.460 e. The van der Waals surface area contributed by atoms with Gasteiger partial charge in [0.25, 0.3) is 0 Å². The van der Waals surface area contributed by atoms with E-state index in [0.29, 0.717) is 72.7 Å². The highest BCUT2D eigenvalue weighted by Crippen LogP contribution is 2.08. The van der Waals surface area contributed by atoms with E-state index < -0.39 is 11.2 Å². The van der Waals surface area contributed by atoms with Crippen LogP contribution in [0.1, 0.15) is 48.0 Å². The second kappa shape index (κ2) is 19.1. The molecule has 0 aromatic heterocycles. The van der Waals surface area contributed by atoms with Crippen molar-refractivity contribution in [3.63, 3.8) is 0 Å². The lowest BCUT2D eigenvalue weighted by atomic mass is 10.2. The second-order valence-electron chi connectivity index (χ2n) is 9.04. The molecule has 0 aliphatic carbocycles. The Morgan fingerprint density at radius 3 is 1.12 bits per heavy atom. The van der Waals surface area contributed by atoms with E-state index in [1.165, 1.54) is 0 Å². The first-order valence-electron chi connectivity index (χ1n) is 11.4. The zero-order chi connectivity index (χ0) is 25.0. The van der Waals surface area contributed by atoms with E-state index in [2.05, 4.69) is 0 Å². The molecule has 10 heteroatoms. The summed E-state index contributed by atoms with van der Waals surface area (Å²) in [6.07, 6.45) is 0.229. The fourth-order valence-corrected chi connectivity index (χ4v) is 2.17. The number of ether oxygens (including phenoxy) is 8. The fraction of sp³-hybridized carbons (Fsp3) is 0.913. The molecule has 0 bridgehead atoms. The number of carbonyl (C=O) groups is 2. The molecule has 0 saturated carbocycles. The Morgan fingerprint density at radius 1 is 0.455 bits per heavy atom. The first-order valence-corrected chi connectivity index (χ1v) is 11.4. The van der Waals surface area contributed by atoms with Gasteiger partial charge in [0.2, 0.25) is 0 Å². The minimum Gasteiger partial charge on any atom is -0.460 e. The van der Waals surface area contributed by atoms with Crippen molar-refractivity contribution in [3.05, 3.63) is 0 Å². The molecular weight excluding hydrogens is 436 g/mol. The maximum Gasteiger partial charge on any atom is 0.332 e. The summed E-state index contributed by atoms with van der Waals surface area (Å²) in [7, 11) is 0. The molecule has 0 aliphatic rings. The van der Waals surface area contributed by atoms with Gasteiger partial charge in [-0.05, 0) is 41.5 Å². The topological polar surface area (TPSA) is 108 Å². The van der Waals surface area contributed by atoms with Gasteiger partial charge < -0.3 is 37.9 Å². The zero-order valence-corrected chi connectivity index (χ0v) is 21.3. The van der Waals surface area contributed by atoms with Crippen LogP contribution in [-0.2, 0) is 47.5 Å². The Kier molecular flexibility index (Phi) is 18.3. The molecular formula is C23H44O10. The van der Waals surface area contributed by atoms with E-state index >= 15 is 0 Å². The summed E-state index contributed by atoms with van der Waals surface area (Å²) in [5, 5.41) is 0. The van der Waals surface area contributed by atoms with Crippen molar-refractivity contribution in [1.82, 2.24) is 0 Å². The quantitative estimate of drug-likeness (QED) is 0.190. The molecule has 0 rings (SSSR count). The Balaban J connectivity index is 3.22. The van der Waals surface area contributed by atoms with Crippen LogP contribution in [0.15, 0.2) is 0 Å². The average molecular weight is 481 g/mol. The monoisotopic (exact) mass is 480 g/mol. The minimum absolute atomic E-state index is 0.0840. The van der Waals surface area contributed by atoms with E-state index in [1.54, 1.807) is 0 Å². The van der Waals surface area contributed by atoms with E-state index in [4.69, 9.17) is 37.9 Å². The van der Waals surface area contributed by atoms with Crippen LogP contribution >= 0.6 is 0 Å². The van der Waals surface area contributed by atoms with E-state index in [-0.39, 0.29) is 25.0 Å². The first kappa shape index (κ1) is 31.7. The van der Waals surface area contributed by atoms with Crippen LogP contribution in [0.25, 0.3) is 0 Å². The van der Waals surface area contributed by atoms with Crippen molar-refractivity contribution in [2.75, 3.05) is 79.3 Å². The molecule has 0 saturated heterocycles. The summed E-state index contributed by atoms with van der Waals surface area (Å²) in [5.74, 6) is -0.658. The Morgan fingerprint density at radius 2 is 0.758 bits per heavy atom. The van der Waals surface area contributed by atoms with Gasteiger partial charge in [0.1, 0.15) is 17.8 Å². The summed E-state index contributed by atoms with van der Waals surface area (Å²) in [4.78, 5) is 22.9. The van der Waals surface area contributed by atoms with Crippen LogP contribution in [0.4, 0.5) is 0 Å². The number of hydrogen-bond acceptors (Lipinski definition) is 10. The normalized spacial score (nSPS) is 12.1. The van der Waals surface area contributed by atoms with Crippen LogP contribution in [0, 0.1) is 0 Å². The van der Waals surface area contributed by atoms with Crippen molar-refractivity contribution < 1.29 is 47.5 Å². The molecule has 0 heterocycles. The SMILES string of the molecule is CC(C)(C)OC(=O)CCOCCOCCOCCOCCOCCOCC(=O)OC(C)(C)C. The number of hydrogen-bond donors (Lipinski definition) is 0. The third kappa shape index (κ3) is 26.8. The molecule has 33 heavy (non-hydrogen) atoms. The zero-order valence-electron chi connectivity index (χ0n) is 21.3. The molecule has 0 fully saturated rings. The molecule has 0 unspecified atom stereocenters. The number of carbonyl (C=O) groups excluding carboxylic acids is 2. The van der Waals surface area contributed by atoms with Crippen molar-refractivity contribution in [2.45, 2.75) is 59.2 Å². The van der Waals surface area contributed by atoms with Gasteiger partial charge in [-0.25, -0.2) is 4.79 Å². The van der Waals surface area contributed by atoms with Crippen molar-refractivity contribution in [3.8, 4) is 0 Å². The molecule has 0 aromatic rings. The Bertz CT molecular complexity index is 452. The molecule has 10 nitrogen and oxygen atoms in total. The third-order valence-corrected chi connectivity index (χ3v) is 3.37. The molecule has 0 aromatic carbocycles. The van der Waals surface area contributed by atoms with Crippen LogP contribution < -0.4 is 0 Å². The minimum atomic E-state index is -0.508. The third-order valence-electron chi connectivity index (χ3n) is 3.37. The highest BCUT2D eigenvalue weighted by Gasteiger charge is 2.16. The van der Waals surface area contributed by atoms with Crippen molar-refractivity contribution in [2.24, 2.45) is 0 Å². The van der Waals surface area contributed by atoms with Gasteiger partial charge in [-0.2, -0.15) is 0 Å². The summed E-state index contributed by atoms with van der Waals surface area (Å²) < 4.78 is 42.4. The highest BCUT2D eigenvalue weighted by molar-refractivity contribution is 5.71. The molecule has 0 N–H and O–H groups in total. The van der Waals surface area contributed by atoms with Gasteiger partial charge in [0.15, 0.2) is 0 Å². The van der Waals surface area contributed by atoms with Crippen LogP contribution in [0.5, 0.6) is 0 Å². The first-order chi connectivity index (χ1) is 15.5. The summed E-state index contributed by atoms with van der Waals surface area (Å²) in [6.45, 7) is 15.4. The summed E-state index contributed by atoms with van der Waals surface area (Å²) in [5.41, 5.74) is -0.981. The molecule has 0 atom stereocenters. The maximum absolute atomic E-state index is 11.5. The van der Waals surface area contributed by atoms with Crippen LogP contribution in [0.2, 0.25) is 0 Å². The standard InChI is InChI=1S/C23H44O10/c1-22(2,3)32-20(24)7-8-26-9-10-27-11-12-28-13-14-29-15-16-30-17-18-31-19-21(25)33-23(4,5)6/h7-19H2,1-6H3. The fourth-order valence-electron chi connectivity index (χ4n) is 2.17. The van der Waals surface area contributed by atoms with Crippen molar-refractivity contribution in [1.29, 1.82) is 0 Å². The van der Waals surface area contributed by atoms with Crippen molar-refractivity contribution >= 4 is 11.9 Å².